The van der Waals surface area contributed by atoms with E-state index in [1.54, 1.807) is 24.3 Å². The van der Waals surface area contributed by atoms with Gasteiger partial charge < -0.3 is 18.9 Å². The van der Waals surface area contributed by atoms with Gasteiger partial charge in [-0.05, 0) is 36.8 Å². The Kier molecular flexibility index (Phi) is 6.98. The fraction of sp³-hybridized carbons (Fsp3) is 0.263. The van der Waals surface area contributed by atoms with Crippen LogP contribution in [-0.4, -0.2) is 38.9 Å². The highest BCUT2D eigenvalue weighted by molar-refractivity contribution is 5.90. The van der Waals surface area contributed by atoms with Crippen molar-refractivity contribution in [1.82, 2.24) is 0 Å². The zero-order valence-electron chi connectivity index (χ0n) is 14.2. The largest absolute Gasteiger partial charge is 0.482 e. The van der Waals surface area contributed by atoms with Gasteiger partial charge in [-0.25, -0.2) is 9.59 Å². The molecule has 0 radical (unpaired) electrons. The van der Waals surface area contributed by atoms with E-state index < -0.39 is 11.9 Å². The minimum atomic E-state index is -0.562. The van der Waals surface area contributed by atoms with Crippen LogP contribution in [0.5, 0.6) is 11.5 Å². The van der Waals surface area contributed by atoms with Crippen molar-refractivity contribution < 1.29 is 28.5 Å². The van der Waals surface area contributed by atoms with Crippen molar-refractivity contribution in [3.8, 4) is 11.5 Å². The maximum absolute atomic E-state index is 11.9. The van der Waals surface area contributed by atoms with Crippen molar-refractivity contribution in [2.45, 2.75) is 6.92 Å². The van der Waals surface area contributed by atoms with E-state index in [4.69, 9.17) is 18.9 Å². The Bertz CT molecular complexity index is 725. The lowest BCUT2D eigenvalue weighted by molar-refractivity contribution is -0.136. The van der Waals surface area contributed by atoms with Gasteiger partial charge in [0.05, 0.1) is 12.2 Å². The van der Waals surface area contributed by atoms with E-state index in [9.17, 15) is 9.59 Å². The summed E-state index contributed by atoms with van der Waals surface area (Å²) in [6, 6.07) is 13.6. The van der Waals surface area contributed by atoms with Crippen LogP contribution in [0.25, 0.3) is 0 Å². The third kappa shape index (κ3) is 5.93. The molecule has 0 bridgehead atoms. The molecule has 0 saturated carbocycles. The molecule has 6 heteroatoms. The molecule has 0 aliphatic rings. The number of aryl methyl sites for hydroxylation is 1. The molecule has 0 heterocycles. The lowest BCUT2D eigenvalue weighted by Crippen LogP contribution is -2.18. The molecule has 2 aromatic carbocycles. The molecule has 0 amide bonds. The molecule has 0 aromatic heterocycles. The first-order chi connectivity index (χ1) is 12.1. The van der Waals surface area contributed by atoms with E-state index in [0.29, 0.717) is 17.9 Å². The number of esters is 2. The smallest absolute Gasteiger partial charge is 0.349 e. The Balaban J connectivity index is 1.89. The SMILES string of the molecule is COCCOC(=O)c1cccc(OC(=O)COc2ccccc2C)c1. The van der Waals surface area contributed by atoms with Crippen LogP contribution in [0.15, 0.2) is 48.5 Å². The van der Waals surface area contributed by atoms with Gasteiger partial charge in [0.25, 0.3) is 0 Å². The third-order valence-corrected chi connectivity index (χ3v) is 3.26. The van der Waals surface area contributed by atoms with Crippen LogP contribution in [0, 0.1) is 6.92 Å². The highest BCUT2D eigenvalue weighted by Gasteiger charge is 2.11. The van der Waals surface area contributed by atoms with Crippen molar-refractivity contribution in [3.63, 3.8) is 0 Å². The number of hydrogen-bond donors (Lipinski definition) is 0. The quantitative estimate of drug-likeness (QED) is 0.417. The van der Waals surface area contributed by atoms with Crippen molar-refractivity contribution in [3.05, 3.63) is 59.7 Å². The van der Waals surface area contributed by atoms with Crippen LogP contribution in [-0.2, 0) is 14.3 Å². The molecule has 0 aliphatic heterocycles. The zero-order valence-corrected chi connectivity index (χ0v) is 14.2. The predicted octanol–water partition coefficient (Wildman–Crippen LogP) is 2.78. The number of hydrogen-bond acceptors (Lipinski definition) is 6. The van der Waals surface area contributed by atoms with E-state index >= 15 is 0 Å². The molecule has 2 aromatic rings. The van der Waals surface area contributed by atoms with Crippen molar-refractivity contribution in [2.24, 2.45) is 0 Å². The Morgan fingerprint density at radius 2 is 1.80 bits per heavy atom. The topological polar surface area (TPSA) is 71.1 Å². The van der Waals surface area contributed by atoms with E-state index in [2.05, 4.69) is 0 Å². The number of benzene rings is 2. The number of methoxy groups -OCH3 is 1. The molecule has 0 unspecified atom stereocenters. The second-order valence-corrected chi connectivity index (χ2v) is 5.18. The van der Waals surface area contributed by atoms with Gasteiger partial charge in [-0.2, -0.15) is 0 Å². The Morgan fingerprint density at radius 3 is 2.56 bits per heavy atom. The van der Waals surface area contributed by atoms with Gasteiger partial charge >= 0.3 is 11.9 Å². The van der Waals surface area contributed by atoms with Crippen molar-refractivity contribution in [1.29, 1.82) is 0 Å². The van der Waals surface area contributed by atoms with Crippen molar-refractivity contribution in [2.75, 3.05) is 26.9 Å². The fourth-order valence-electron chi connectivity index (χ4n) is 2.00. The van der Waals surface area contributed by atoms with Gasteiger partial charge in [-0.15, -0.1) is 0 Å². The summed E-state index contributed by atoms with van der Waals surface area (Å²) in [7, 11) is 1.52. The first-order valence-electron chi connectivity index (χ1n) is 7.75. The minimum absolute atomic E-state index is 0.156. The van der Waals surface area contributed by atoms with Gasteiger partial charge in [0.15, 0.2) is 6.61 Å². The first kappa shape index (κ1) is 18.5. The molecule has 0 fully saturated rings. The second kappa shape index (κ2) is 9.44. The molecule has 0 saturated heterocycles. The van der Waals surface area contributed by atoms with Gasteiger partial charge in [0, 0.05) is 7.11 Å². The molecule has 0 N–H and O–H groups in total. The van der Waals surface area contributed by atoms with Crippen LogP contribution in [0.3, 0.4) is 0 Å². The molecular formula is C19H20O6. The van der Waals surface area contributed by atoms with E-state index in [1.807, 2.05) is 25.1 Å². The molecule has 2 rings (SSSR count). The Labute approximate surface area is 146 Å². The Hall–Kier alpha value is -2.86. The summed E-state index contributed by atoms with van der Waals surface area (Å²) in [5.41, 5.74) is 1.22. The average molecular weight is 344 g/mol. The monoisotopic (exact) mass is 344 g/mol. The number of rotatable bonds is 8. The second-order valence-electron chi connectivity index (χ2n) is 5.18. The molecule has 132 valence electrons. The number of carbonyl (C=O) groups excluding carboxylic acids is 2. The van der Waals surface area contributed by atoms with Crippen LogP contribution in [0.2, 0.25) is 0 Å². The predicted molar refractivity (Wildman–Crippen MR) is 90.9 cm³/mol. The lowest BCUT2D eigenvalue weighted by Gasteiger charge is -2.09. The molecule has 0 atom stereocenters. The van der Waals surface area contributed by atoms with Crippen LogP contribution in [0.1, 0.15) is 15.9 Å². The van der Waals surface area contributed by atoms with Gasteiger partial charge in [-0.3, -0.25) is 0 Å². The lowest BCUT2D eigenvalue weighted by atomic mass is 10.2. The van der Waals surface area contributed by atoms with E-state index in [0.717, 1.165) is 5.56 Å². The summed E-state index contributed by atoms with van der Waals surface area (Å²) < 4.78 is 20.5. The van der Waals surface area contributed by atoms with Crippen LogP contribution >= 0.6 is 0 Å². The van der Waals surface area contributed by atoms with Crippen LogP contribution < -0.4 is 9.47 Å². The minimum Gasteiger partial charge on any atom is -0.482 e. The molecule has 6 nitrogen and oxygen atoms in total. The summed E-state index contributed by atoms with van der Waals surface area (Å²) >= 11 is 0. The Morgan fingerprint density at radius 1 is 1.00 bits per heavy atom. The molecule has 25 heavy (non-hydrogen) atoms. The summed E-state index contributed by atoms with van der Waals surface area (Å²) in [6.45, 7) is 2.13. The van der Waals surface area contributed by atoms with E-state index in [-0.39, 0.29) is 19.0 Å². The van der Waals surface area contributed by atoms with Gasteiger partial charge in [0.2, 0.25) is 0 Å². The number of para-hydroxylation sites is 1. The normalized spacial score (nSPS) is 10.2. The zero-order chi connectivity index (χ0) is 18.1. The number of ether oxygens (including phenoxy) is 4. The molecule has 0 aliphatic carbocycles. The summed E-state index contributed by atoms with van der Waals surface area (Å²) in [4.78, 5) is 23.8. The van der Waals surface area contributed by atoms with Gasteiger partial charge in [-0.1, -0.05) is 24.3 Å². The highest BCUT2D eigenvalue weighted by atomic mass is 16.6. The fourth-order valence-corrected chi connectivity index (χ4v) is 2.00. The standard InChI is InChI=1S/C19H20O6/c1-14-6-3-4-9-17(14)24-13-18(20)25-16-8-5-7-15(12-16)19(21)23-11-10-22-2/h3-9,12H,10-11,13H2,1-2H3. The third-order valence-electron chi connectivity index (χ3n) is 3.26. The maximum Gasteiger partial charge on any atom is 0.349 e. The molecular weight excluding hydrogens is 324 g/mol. The highest BCUT2D eigenvalue weighted by Crippen LogP contribution is 2.17. The number of carbonyl (C=O) groups is 2. The summed E-state index contributed by atoms with van der Waals surface area (Å²) in [5.74, 6) is -0.200. The van der Waals surface area contributed by atoms with Crippen molar-refractivity contribution >= 4 is 11.9 Å². The van der Waals surface area contributed by atoms with Gasteiger partial charge in [0.1, 0.15) is 18.1 Å². The van der Waals surface area contributed by atoms with Crippen LogP contribution in [0.4, 0.5) is 0 Å². The summed E-state index contributed by atoms with van der Waals surface area (Å²) in [6.07, 6.45) is 0. The maximum atomic E-state index is 11.9. The average Bonchev–Trinajstić information content (AvgIpc) is 2.61. The molecule has 0 spiro atoms. The first-order valence-corrected chi connectivity index (χ1v) is 7.75. The summed E-state index contributed by atoms with van der Waals surface area (Å²) in [5, 5.41) is 0. The van der Waals surface area contributed by atoms with E-state index in [1.165, 1.54) is 13.2 Å².